The van der Waals surface area contributed by atoms with Gasteiger partial charge in [0.25, 0.3) is 0 Å². The highest BCUT2D eigenvalue weighted by molar-refractivity contribution is 5.72. The molecular weight excluding hydrogens is 342 g/mol. The summed E-state index contributed by atoms with van der Waals surface area (Å²) in [5, 5.41) is 8.28. The molecule has 0 unspecified atom stereocenters. The zero-order chi connectivity index (χ0) is 20.1. The summed E-state index contributed by atoms with van der Waals surface area (Å²) in [7, 11) is 0. The Bertz CT molecular complexity index is 813. The fourth-order valence-corrected chi connectivity index (χ4v) is 2.45. The van der Waals surface area contributed by atoms with Crippen molar-refractivity contribution >= 4 is 5.97 Å². The van der Waals surface area contributed by atoms with Gasteiger partial charge in [0.05, 0.1) is 29.7 Å². The van der Waals surface area contributed by atoms with E-state index in [1.807, 2.05) is 40.7 Å². The fraction of sp³-hybridized carbons (Fsp3) is 0.500. The van der Waals surface area contributed by atoms with Gasteiger partial charge in [-0.15, -0.1) is 0 Å². The Kier molecular flexibility index (Phi) is 6.21. The highest BCUT2D eigenvalue weighted by Gasteiger charge is 2.48. The molecule has 3 rings (SSSR count). The van der Waals surface area contributed by atoms with E-state index in [4.69, 9.17) is 10.00 Å². The third kappa shape index (κ3) is 6.41. The van der Waals surface area contributed by atoms with Crippen LogP contribution >= 0.6 is 0 Å². The fourth-order valence-electron chi connectivity index (χ4n) is 2.45. The molecule has 7 heteroatoms. The van der Waals surface area contributed by atoms with Crippen LogP contribution in [-0.4, -0.2) is 31.5 Å². The van der Waals surface area contributed by atoms with Gasteiger partial charge in [0.2, 0.25) is 0 Å². The lowest BCUT2D eigenvalue weighted by atomic mass is 9.98. The molecule has 0 saturated heterocycles. The lowest BCUT2D eigenvalue weighted by molar-refractivity contribution is -0.155. The number of carbonyl (C=O) groups excluding carboxylic acids is 1. The molecule has 1 saturated carbocycles. The van der Waals surface area contributed by atoms with E-state index in [0.29, 0.717) is 12.1 Å². The average molecular weight is 367 g/mol. The van der Waals surface area contributed by atoms with Crippen LogP contribution in [0, 0.1) is 25.2 Å². The Hall–Kier alpha value is -2.88. The zero-order valence-electron chi connectivity index (χ0n) is 16.5. The van der Waals surface area contributed by atoms with E-state index in [-0.39, 0.29) is 11.4 Å². The maximum atomic E-state index is 11.9. The quantitative estimate of drug-likeness (QED) is 0.768. The minimum absolute atomic E-state index is 0.122. The van der Waals surface area contributed by atoms with Crippen molar-refractivity contribution in [3.8, 4) is 6.07 Å². The Labute approximate surface area is 159 Å². The van der Waals surface area contributed by atoms with Gasteiger partial charge in [-0.25, -0.2) is 4.98 Å². The van der Waals surface area contributed by atoms with Gasteiger partial charge in [-0.2, -0.15) is 5.26 Å². The number of carbonyl (C=O) groups is 1. The van der Waals surface area contributed by atoms with Crippen LogP contribution < -0.4 is 0 Å². The van der Waals surface area contributed by atoms with Crippen LogP contribution in [0.5, 0.6) is 0 Å². The monoisotopic (exact) mass is 367 g/mol. The number of rotatable bonds is 3. The van der Waals surface area contributed by atoms with Crippen molar-refractivity contribution in [1.82, 2.24) is 19.9 Å². The maximum Gasteiger partial charge on any atom is 0.307 e. The van der Waals surface area contributed by atoms with Crippen molar-refractivity contribution in [2.24, 2.45) is 0 Å². The topological polar surface area (TPSA) is 102 Å². The zero-order valence-corrected chi connectivity index (χ0v) is 16.5. The van der Waals surface area contributed by atoms with E-state index in [1.165, 1.54) is 6.20 Å². The summed E-state index contributed by atoms with van der Waals surface area (Å²) < 4.78 is 5.37. The van der Waals surface area contributed by atoms with Gasteiger partial charge < -0.3 is 4.74 Å². The van der Waals surface area contributed by atoms with Crippen LogP contribution in [0.2, 0.25) is 0 Å². The first-order chi connectivity index (χ1) is 12.6. The molecule has 2 aromatic heterocycles. The molecule has 2 aromatic rings. The third-order valence-electron chi connectivity index (χ3n) is 3.98. The van der Waals surface area contributed by atoms with Crippen LogP contribution in [0.15, 0.2) is 24.8 Å². The lowest BCUT2D eigenvalue weighted by Gasteiger charge is -2.21. The molecular formula is C20H25N5O2. The minimum Gasteiger partial charge on any atom is -0.460 e. The molecule has 2 heterocycles. The summed E-state index contributed by atoms with van der Waals surface area (Å²) in [6, 6.07) is 1.88. The second kappa shape index (κ2) is 8.21. The third-order valence-corrected chi connectivity index (χ3v) is 3.98. The van der Waals surface area contributed by atoms with Gasteiger partial charge in [-0.3, -0.25) is 19.7 Å². The molecule has 0 radical (unpaired) electrons. The molecule has 7 nitrogen and oxygen atoms in total. The Morgan fingerprint density at radius 1 is 1.07 bits per heavy atom. The lowest BCUT2D eigenvalue weighted by Crippen LogP contribution is -2.27. The standard InChI is InChI=1S/C14H20N2O2.C6H5N3/c1-10-8-16-11(9-15-10)14(5-6-14)7-12(17)18-13(2,3)4;1-5-3-9-6(2-7)4-8-5/h8-9H,5-7H2,1-4H3;3-4H,1H3. The molecule has 0 amide bonds. The van der Waals surface area contributed by atoms with Crippen LogP contribution in [-0.2, 0) is 14.9 Å². The van der Waals surface area contributed by atoms with Crippen molar-refractivity contribution < 1.29 is 9.53 Å². The summed E-state index contributed by atoms with van der Waals surface area (Å²) in [5.74, 6) is -0.151. The Morgan fingerprint density at radius 3 is 2.07 bits per heavy atom. The smallest absolute Gasteiger partial charge is 0.307 e. The summed E-state index contributed by atoms with van der Waals surface area (Å²) in [6.07, 6.45) is 8.95. The van der Waals surface area contributed by atoms with E-state index in [0.717, 1.165) is 29.9 Å². The van der Waals surface area contributed by atoms with E-state index in [9.17, 15) is 4.79 Å². The van der Waals surface area contributed by atoms with E-state index < -0.39 is 5.60 Å². The first-order valence-electron chi connectivity index (χ1n) is 8.83. The molecule has 1 fully saturated rings. The highest BCUT2D eigenvalue weighted by Crippen LogP contribution is 2.50. The predicted molar refractivity (Wildman–Crippen MR) is 99.6 cm³/mol. The largest absolute Gasteiger partial charge is 0.460 e. The SMILES string of the molecule is Cc1cnc(C#N)cn1.Cc1cnc(C2(CC(=O)OC(C)(C)C)CC2)cn1. The number of aryl methyl sites for hydroxylation is 2. The van der Waals surface area contributed by atoms with Crippen LogP contribution in [0.4, 0.5) is 0 Å². The van der Waals surface area contributed by atoms with Crippen LogP contribution in [0.1, 0.15) is 62.8 Å². The van der Waals surface area contributed by atoms with Crippen molar-refractivity contribution in [2.45, 2.75) is 64.9 Å². The first kappa shape index (κ1) is 20.4. The minimum atomic E-state index is -0.424. The molecule has 0 aromatic carbocycles. The first-order valence-corrected chi connectivity index (χ1v) is 8.83. The summed E-state index contributed by atoms with van der Waals surface area (Å²) >= 11 is 0. The number of nitriles is 1. The van der Waals surface area contributed by atoms with Gasteiger partial charge in [0.1, 0.15) is 11.7 Å². The van der Waals surface area contributed by atoms with Crippen LogP contribution in [0.3, 0.4) is 0 Å². The van der Waals surface area contributed by atoms with Crippen molar-refractivity contribution in [1.29, 1.82) is 5.26 Å². The molecule has 27 heavy (non-hydrogen) atoms. The molecule has 1 aliphatic rings. The summed E-state index contributed by atoms with van der Waals surface area (Å²) in [6.45, 7) is 9.39. The number of hydrogen-bond donors (Lipinski definition) is 0. The molecule has 1 aliphatic carbocycles. The number of hydrogen-bond acceptors (Lipinski definition) is 7. The van der Waals surface area contributed by atoms with Gasteiger partial charge in [-0.1, -0.05) is 0 Å². The Morgan fingerprint density at radius 2 is 1.67 bits per heavy atom. The van der Waals surface area contributed by atoms with Crippen LogP contribution in [0.25, 0.3) is 0 Å². The van der Waals surface area contributed by atoms with Gasteiger partial charge >= 0.3 is 5.97 Å². The van der Waals surface area contributed by atoms with E-state index in [2.05, 4.69) is 19.9 Å². The predicted octanol–water partition coefficient (Wildman–Crippen LogP) is 3.21. The van der Waals surface area contributed by atoms with Gasteiger partial charge in [0.15, 0.2) is 5.69 Å². The maximum absolute atomic E-state index is 11.9. The summed E-state index contributed by atoms with van der Waals surface area (Å²) in [5.41, 5.74) is 2.45. The van der Waals surface area contributed by atoms with Crippen molar-refractivity contribution in [2.75, 3.05) is 0 Å². The molecule has 0 spiro atoms. The number of ether oxygens (including phenoxy) is 1. The summed E-state index contributed by atoms with van der Waals surface area (Å²) in [4.78, 5) is 28.2. The number of aromatic nitrogens is 4. The number of esters is 1. The van der Waals surface area contributed by atoms with Gasteiger partial charge in [-0.05, 0) is 47.5 Å². The Balaban J connectivity index is 0.000000244. The molecule has 0 atom stereocenters. The van der Waals surface area contributed by atoms with E-state index >= 15 is 0 Å². The second-order valence-electron chi connectivity index (χ2n) is 7.74. The normalized spacial score (nSPS) is 14.4. The molecule has 0 bridgehead atoms. The van der Waals surface area contributed by atoms with Gasteiger partial charge in [0, 0.05) is 24.0 Å². The highest BCUT2D eigenvalue weighted by atomic mass is 16.6. The molecule has 142 valence electrons. The molecule has 0 aliphatic heterocycles. The second-order valence-corrected chi connectivity index (χ2v) is 7.74. The van der Waals surface area contributed by atoms with Crippen molar-refractivity contribution in [3.63, 3.8) is 0 Å². The molecule has 0 N–H and O–H groups in total. The van der Waals surface area contributed by atoms with E-state index in [1.54, 1.807) is 18.6 Å². The number of nitrogens with zero attached hydrogens (tertiary/aromatic N) is 5. The van der Waals surface area contributed by atoms with Crippen molar-refractivity contribution in [3.05, 3.63) is 47.6 Å². The average Bonchev–Trinajstić information content (AvgIpc) is 3.35.